The number of rotatable bonds is 4. The highest BCUT2D eigenvalue weighted by molar-refractivity contribution is 9.10. The van der Waals surface area contributed by atoms with Crippen LogP contribution in [0.1, 0.15) is 36.4 Å². The first kappa shape index (κ1) is 12.4. The van der Waals surface area contributed by atoms with Gasteiger partial charge in [-0.25, -0.2) is 0 Å². The van der Waals surface area contributed by atoms with Crippen molar-refractivity contribution in [2.24, 2.45) is 5.73 Å². The number of aromatic nitrogens is 2. The first-order chi connectivity index (χ1) is 8.15. The van der Waals surface area contributed by atoms with Crippen molar-refractivity contribution in [3.63, 3.8) is 0 Å². The molecule has 2 rings (SSSR count). The highest BCUT2D eigenvalue weighted by Crippen LogP contribution is 2.29. The van der Waals surface area contributed by atoms with Gasteiger partial charge in [-0.15, -0.1) is 0 Å². The van der Waals surface area contributed by atoms with Crippen molar-refractivity contribution in [1.29, 1.82) is 0 Å². The van der Waals surface area contributed by atoms with Crippen LogP contribution in [0.15, 0.2) is 27.4 Å². The minimum Gasteiger partial charge on any atom is -0.469 e. The smallest absolute Gasteiger partial charge is 0.105 e. The van der Waals surface area contributed by atoms with Gasteiger partial charge in [0.05, 0.1) is 28.7 Å². The molecular formula is C12H16BrN3O. The van der Waals surface area contributed by atoms with Gasteiger partial charge in [0.25, 0.3) is 0 Å². The second kappa shape index (κ2) is 5.06. The van der Waals surface area contributed by atoms with E-state index in [1.54, 1.807) is 12.5 Å². The molecule has 4 nitrogen and oxygen atoms in total. The minimum absolute atomic E-state index is 0.211. The summed E-state index contributed by atoms with van der Waals surface area (Å²) in [6.45, 7) is 4.91. The molecule has 17 heavy (non-hydrogen) atoms. The molecule has 2 N–H and O–H groups in total. The molecule has 0 aromatic carbocycles. The first-order valence-corrected chi connectivity index (χ1v) is 6.45. The van der Waals surface area contributed by atoms with Gasteiger partial charge in [0.15, 0.2) is 0 Å². The Hall–Kier alpha value is -1.07. The number of furan rings is 1. The van der Waals surface area contributed by atoms with Crippen LogP contribution in [0.4, 0.5) is 0 Å². The van der Waals surface area contributed by atoms with E-state index < -0.39 is 0 Å². The molecule has 0 fully saturated rings. The number of hydrogen-bond donors (Lipinski definition) is 1. The monoisotopic (exact) mass is 297 g/mol. The third kappa shape index (κ3) is 2.30. The average Bonchev–Trinajstić information content (AvgIpc) is 2.86. The molecule has 0 saturated carbocycles. The number of halogens is 1. The Morgan fingerprint density at radius 1 is 1.59 bits per heavy atom. The Morgan fingerprint density at radius 3 is 2.94 bits per heavy atom. The largest absolute Gasteiger partial charge is 0.469 e. The molecule has 0 bridgehead atoms. The number of aryl methyl sites for hydroxylation is 2. The fourth-order valence-electron chi connectivity index (χ4n) is 1.94. The summed E-state index contributed by atoms with van der Waals surface area (Å²) < 4.78 is 8.19. The standard InChI is InChI=1S/C12H16BrN3O/c1-3-5-16-12(10(13)7-15-16)11(14)9-4-6-17-8(9)2/h4,6-7,11H,3,5,14H2,1-2H3. The summed E-state index contributed by atoms with van der Waals surface area (Å²) in [5.74, 6) is 0.855. The Labute approximate surface area is 109 Å². The Balaban J connectivity index is 2.39. The zero-order chi connectivity index (χ0) is 12.4. The Morgan fingerprint density at radius 2 is 2.35 bits per heavy atom. The molecule has 0 radical (unpaired) electrons. The molecule has 2 aromatic heterocycles. The lowest BCUT2D eigenvalue weighted by atomic mass is 10.1. The normalized spacial score (nSPS) is 12.9. The van der Waals surface area contributed by atoms with Crippen LogP contribution in [0, 0.1) is 6.92 Å². The summed E-state index contributed by atoms with van der Waals surface area (Å²) >= 11 is 3.50. The molecule has 1 atom stereocenters. The van der Waals surface area contributed by atoms with Gasteiger partial charge in [0, 0.05) is 12.1 Å². The number of hydrogen-bond acceptors (Lipinski definition) is 3. The fraction of sp³-hybridized carbons (Fsp3) is 0.417. The molecule has 0 amide bonds. The van der Waals surface area contributed by atoms with Crippen molar-refractivity contribution in [2.75, 3.05) is 0 Å². The van der Waals surface area contributed by atoms with E-state index in [4.69, 9.17) is 10.2 Å². The molecule has 2 heterocycles. The average molecular weight is 298 g/mol. The van der Waals surface area contributed by atoms with E-state index in [0.717, 1.165) is 34.5 Å². The summed E-state index contributed by atoms with van der Waals surface area (Å²) in [6.07, 6.45) is 4.48. The van der Waals surface area contributed by atoms with Crippen LogP contribution in [0.5, 0.6) is 0 Å². The van der Waals surface area contributed by atoms with Crippen LogP contribution in [0.3, 0.4) is 0 Å². The van der Waals surface area contributed by atoms with E-state index in [1.165, 1.54) is 0 Å². The van der Waals surface area contributed by atoms with Crippen molar-refractivity contribution < 1.29 is 4.42 Å². The van der Waals surface area contributed by atoms with Gasteiger partial charge in [-0.2, -0.15) is 5.10 Å². The van der Waals surface area contributed by atoms with Gasteiger partial charge < -0.3 is 10.2 Å². The molecule has 1 unspecified atom stereocenters. The van der Waals surface area contributed by atoms with Crippen LogP contribution < -0.4 is 5.73 Å². The fourth-order valence-corrected chi connectivity index (χ4v) is 2.48. The van der Waals surface area contributed by atoms with Crippen LogP contribution in [-0.2, 0) is 6.54 Å². The van der Waals surface area contributed by atoms with E-state index in [-0.39, 0.29) is 6.04 Å². The van der Waals surface area contributed by atoms with Gasteiger partial charge in [0.2, 0.25) is 0 Å². The molecule has 92 valence electrons. The van der Waals surface area contributed by atoms with Gasteiger partial charge >= 0.3 is 0 Å². The van der Waals surface area contributed by atoms with E-state index in [1.807, 2.05) is 17.7 Å². The number of nitrogens with two attached hydrogens (primary N) is 1. The molecule has 0 saturated heterocycles. The lowest BCUT2D eigenvalue weighted by Gasteiger charge is -2.14. The summed E-state index contributed by atoms with van der Waals surface area (Å²) in [6, 6.07) is 1.70. The van der Waals surface area contributed by atoms with Crippen LogP contribution in [0.2, 0.25) is 0 Å². The van der Waals surface area contributed by atoms with E-state index in [2.05, 4.69) is 28.0 Å². The summed E-state index contributed by atoms with van der Waals surface area (Å²) in [5.41, 5.74) is 8.29. The SMILES string of the molecule is CCCn1ncc(Br)c1C(N)c1ccoc1C. The van der Waals surface area contributed by atoms with Crippen molar-refractivity contribution >= 4 is 15.9 Å². The lowest BCUT2D eigenvalue weighted by molar-refractivity contribution is 0.521. The van der Waals surface area contributed by atoms with Crippen molar-refractivity contribution in [2.45, 2.75) is 32.9 Å². The molecule has 5 heteroatoms. The zero-order valence-corrected chi connectivity index (χ0v) is 11.6. The highest BCUT2D eigenvalue weighted by Gasteiger charge is 2.20. The second-order valence-electron chi connectivity index (χ2n) is 4.01. The highest BCUT2D eigenvalue weighted by atomic mass is 79.9. The Bertz CT molecular complexity index is 504. The third-order valence-corrected chi connectivity index (χ3v) is 3.41. The molecule has 2 aromatic rings. The summed E-state index contributed by atoms with van der Waals surface area (Å²) in [7, 11) is 0. The van der Waals surface area contributed by atoms with Crippen LogP contribution >= 0.6 is 15.9 Å². The predicted octanol–water partition coefficient (Wildman–Crippen LogP) is 3.01. The molecule has 0 aliphatic carbocycles. The lowest BCUT2D eigenvalue weighted by Crippen LogP contribution is -2.18. The molecule has 0 aliphatic heterocycles. The van der Waals surface area contributed by atoms with Gasteiger partial charge in [-0.3, -0.25) is 4.68 Å². The summed E-state index contributed by atoms with van der Waals surface area (Å²) in [5, 5.41) is 4.33. The molecule has 0 spiro atoms. The maximum Gasteiger partial charge on any atom is 0.105 e. The van der Waals surface area contributed by atoms with Crippen molar-refractivity contribution in [1.82, 2.24) is 9.78 Å². The maximum absolute atomic E-state index is 6.29. The van der Waals surface area contributed by atoms with Gasteiger partial charge in [-0.05, 0) is 35.3 Å². The predicted molar refractivity (Wildman–Crippen MR) is 69.7 cm³/mol. The minimum atomic E-state index is -0.211. The Kier molecular flexibility index (Phi) is 3.69. The van der Waals surface area contributed by atoms with Gasteiger partial charge in [0.1, 0.15) is 5.76 Å². The summed E-state index contributed by atoms with van der Waals surface area (Å²) in [4.78, 5) is 0. The zero-order valence-electron chi connectivity index (χ0n) is 9.98. The van der Waals surface area contributed by atoms with Crippen molar-refractivity contribution in [3.05, 3.63) is 40.0 Å². The van der Waals surface area contributed by atoms with E-state index in [9.17, 15) is 0 Å². The topological polar surface area (TPSA) is 57.0 Å². The van der Waals surface area contributed by atoms with Crippen molar-refractivity contribution in [3.8, 4) is 0 Å². The molecular weight excluding hydrogens is 282 g/mol. The van der Waals surface area contributed by atoms with E-state index >= 15 is 0 Å². The molecule has 0 aliphatic rings. The third-order valence-electron chi connectivity index (χ3n) is 2.80. The second-order valence-corrected chi connectivity index (χ2v) is 4.87. The quantitative estimate of drug-likeness (QED) is 0.944. The van der Waals surface area contributed by atoms with Crippen LogP contribution in [-0.4, -0.2) is 9.78 Å². The van der Waals surface area contributed by atoms with Gasteiger partial charge in [-0.1, -0.05) is 6.92 Å². The first-order valence-electron chi connectivity index (χ1n) is 5.66. The van der Waals surface area contributed by atoms with Crippen LogP contribution in [0.25, 0.3) is 0 Å². The van der Waals surface area contributed by atoms with E-state index in [0.29, 0.717) is 0 Å². The number of nitrogens with zero attached hydrogens (tertiary/aromatic N) is 2. The maximum atomic E-state index is 6.29.